The molecular formula is C14H20BrNO2S. The molecule has 0 fully saturated rings. The Labute approximate surface area is 127 Å². The lowest BCUT2D eigenvalue weighted by Crippen LogP contribution is -2.28. The minimum absolute atomic E-state index is 0.0106. The zero-order valence-electron chi connectivity index (χ0n) is 11.2. The maximum atomic E-state index is 11.8. The number of nitrogens with one attached hydrogen (secondary N) is 1. The molecule has 0 heterocycles. The first-order valence-electron chi connectivity index (χ1n) is 6.26. The highest BCUT2D eigenvalue weighted by Crippen LogP contribution is 2.16. The third-order valence-electron chi connectivity index (χ3n) is 2.69. The number of benzene rings is 1. The van der Waals surface area contributed by atoms with Crippen LogP contribution in [0.15, 0.2) is 28.7 Å². The number of halogens is 1. The first-order valence-corrected chi connectivity index (χ1v) is 8.21. The van der Waals surface area contributed by atoms with Crippen molar-refractivity contribution in [2.24, 2.45) is 5.92 Å². The van der Waals surface area contributed by atoms with Gasteiger partial charge in [-0.25, -0.2) is 0 Å². The third kappa shape index (κ3) is 6.45. The Hall–Kier alpha value is -0.520. The molecule has 0 aliphatic rings. The lowest BCUT2D eigenvalue weighted by atomic mass is 10.1. The smallest absolute Gasteiger partial charge is 0.230 e. The average Bonchev–Trinajstić information content (AvgIpc) is 2.39. The van der Waals surface area contributed by atoms with Crippen molar-refractivity contribution >= 4 is 33.6 Å². The second-order valence-corrected chi connectivity index (χ2v) is 6.59. The van der Waals surface area contributed by atoms with Crippen LogP contribution in [0, 0.1) is 5.92 Å². The van der Waals surface area contributed by atoms with E-state index < -0.39 is 0 Å². The van der Waals surface area contributed by atoms with Crippen molar-refractivity contribution in [3.8, 4) is 0 Å². The predicted octanol–water partition coefficient (Wildman–Crippen LogP) is 2.99. The van der Waals surface area contributed by atoms with E-state index in [4.69, 9.17) is 5.11 Å². The van der Waals surface area contributed by atoms with Crippen molar-refractivity contribution < 1.29 is 9.90 Å². The number of carbonyl (C=O) groups excluding carboxylic acids is 1. The second kappa shape index (κ2) is 8.61. The molecule has 1 aromatic carbocycles. The van der Waals surface area contributed by atoms with Gasteiger partial charge in [0.15, 0.2) is 0 Å². The van der Waals surface area contributed by atoms with Crippen molar-refractivity contribution in [1.82, 2.24) is 5.32 Å². The summed E-state index contributed by atoms with van der Waals surface area (Å²) < 4.78 is 1.03. The van der Waals surface area contributed by atoms with Crippen LogP contribution in [0.3, 0.4) is 0 Å². The van der Waals surface area contributed by atoms with Gasteiger partial charge in [-0.2, -0.15) is 11.8 Å². The van der Waals surface area contributed by atoms with E-state index in [1.54, 1.807) is 11.8 Å². The van der Waals surface area contributed by atoms with Gasteiger partial charge in [-0.05, 0) is 36.3 Å². The molecule has 1 amide bonds. The van der Waals surface area contributed by atoms with Crippen molar-refractivity contribution in [2.75, 3.05) is 18.1 Å². The van der Waals surface area contributed by atoms with Gasteiger partial charge in [0, 0.05) is 11.1 Å². The van der Waals surface area contributed by atoms with Gasteiger partial charge in [0.25, 0.3) is 0 Å². The van der Waals surface area contributed by atoms with E-state index in [0.29, 0.717) is 5.75 Å². The number of carbonyl (C=O) groups is 1. The molecule has 1 rings (SSSR count). The Morgan fingerprint density at radius 3 is 2.58 bits per heavy atom. The highest BCUT2D eigenvalue weighted by Gasteiger charge is 2.10. The quantitative estimate of drug-likeness (QED) is 0.798. The molecule has 5 heteroatoms. The first kappa shape index (κ1) is 16.5. The first-order chi connectivity index (χ1) is 9.02. The molecule has 0 aliphatic carbocycles. The lowest BCUT2D eigenvalue weighted by Gasteiger charge is -2.14. The van der Waals surface area contributed by atoms with Gasteiger partial charge in [-0.3, -0.25) is 4.79 Å². The van der Waals surface area contributed by atoms with Gasteiger partial charge in [0.2, 0.25) is 5.91 Å². The Morgan fingerprint density at radius 2 is 2.00 bits per heavy atom. The van der Waals surface area contributed by atoms with E-state index >= 15 is 0 Å². The lowest BCUT2D eigenvalue weighted by molar-refractivity contribution is -0.119. The Morgan fingerprint density at radius 1 is 1.37 bits per heavy atom. The largest absolute Gasteiger partial charge is 0.396 e. The van der Waals surface area contributed by atoms with Gasteiger partial charge < -0.3 is 10.4 Å². The molecule has 0 radical (unpaired) electrons. The topological polar surface area (TPSA) is 49.3 Å². The Balaban J connectivity index is 2.33. The molecule has 2 atom stereocenters. The summed E-state index contributed by atoms with van der Waals surface area (Å²) in [6, 6.07) is 7.94. The average molecular weight is 346 g/mol. The van der Waals surface area contributed by atoms with E-state index in [-0.39, 0.29) is 24.5 Å². The summed E-state index contributed by atoms with van der Waals surface area (Å²) in [7, 11) is 0. The molecule has 0 bridgehead atoms. The fraction of sp³-hybridized carbons (Fsp3) is 0.500. The number of rotatable bonds is 7. The van der Waals surface area contributed by atoms with Gasteiger partial charge in [0.05, 0.1) is 11.8 Å². The zero-order chi connectivity index (χ0) is 14.3. The summed E-state index contributed by atoms with van der Waals surface area (Å²) in [6.45, 7) is 4.11. The molecule has 0 aromatic heterocycles. The molecule has 0 saturated carbocycles. The van der Waals surface area contributed by atoms with Crippen LogP contribution in [0.4, 0.5) is 0 Å². The van der Waals surface area contributed by atoms with Crippen molar-refractivity contribution in [3.05, 3.63) is 34.3 Å². The Kier molecular flexibility index (Phi) is 7.49. The Bertz CT molecular complexity index is 397. The van der Waals surface area contributed by atoms with Crippen molar-refractivity contribution in [3.63, 3.8) is 0 Å². The summed E-state index contributed by atoms with van der Waals surface area (Å²) in [5.41, 5.74) is 1.09. The van der Waals surface area contributed by atoms with Crippen molar-refractivity contribution in [1.29, 1.82) is 0 Å². The number of aliphatic hydroxyl groups is 1. The predicted molar refractivity (Wildman–Crippen MR) is 84.3 cm³/mol. The fourth-order valence-corrected chi connectivity index (χ4v) is 2.68. The molecule has 0 spiro atoms. The third-order valence-corrected chi connectivity index (χ3v) is 4.49. The zero-order valence-corrected chi connectivity index (χ0v) is 13.6. The molecule has 0 aliphatic heterocycles. The molecular weight excluding hydrogens is 326 g/mol. The molecule has 0 saturated heterocycles. The maximum Gasteiger partial charge on any atom is 0.230 e. The minimum atomic E-state index is 0.0106. The monoisotopic (exact) mass is 345 g/mol. The van der Waals surface area contributed by atoms with Gasteiger partial charge in [0.1, 0.15) is 0 Å². The normalized spacial score (nSPS) is 13.9. The molecule has 3 nitrogen and oxygen atoms in total. The van der Waals surface area contributed by atoms with Crippen LogP contribution in [-0.4, -0.2) is 29.1 Å². The van der Waals surface area contributed by atoms with Crippen LogP contribution < -0.4 is 5.32 Å². The van der Waals surface area contributed by atoms with Crippen LogP contribution >= 0.6 is 27.7 Å². The molecule has 1 aromatic rings. The summed E-state index contributed by atoms with van der Waals surface area (Å²) in [4.78, 5) is 11.8. The van der Waals surface area contributed by atoms with Crippen LogP contribution in [0.1, 0.15) is 25.5 Å². The van der Waals surface area contributed by atoms with E-state index in [2.05, 4.69) is 21.2 Å². The number of aliphatic hydroxyl groups excluding tert-OH is 1. The van der Waals surface area contributed by atoms with Crippen LogP contribution in [0.5, 0.6) is 0 Å². The van der Waals surface area contributed by atoms with E-state index in [9.17, 15) is 4.79 Å². The number of amides is 1. The van der Waals surface area contributed by atoms with E-state index in [1.165, 1.54) is 0 Å². The highest BCUT2D eigenvalue weighted by molar-refractivity contribution is 9.10. The molecule has 19 heavy (non-hydrogen) atoms. The highest BCUT2D eigenvalue weighted by atomic mass is 79.9. The van der Waals surface area contributed by atoms with Crippen LogP contribution in [0.2, 0.25) is 0 Å². The molecule has 2 unspecified atom stereocenters. The van der Waals surface area contributed by atoms with E-state index in [0.717, 1.165) is 15.8 Å². The number of thioether (sulfide) groups is 1. The summed E-state index contributed by atoms with van der Waals surface area (Å²) in [5.74, 6) is 1.51. The minimum Gasteiger partial charge on any atom is -0.396 e. The van der Waals surface area contributed by atoms with Crippen molar-refractivity contribution in [2.45, 2.75) is 19.9 Å². The van der Waals surface area contributed by atoms with Gasteiger partial charge in [-0.15, -0.1) is 0 Å². The van der Waals surface area contributed by atoms with E-state index in [1.807, 2.05) is 38.1 Å². The van der Waals surface area contributed by atoms with Crippen LogP contribution in [-0.2, 0) is 4.79 Å². The fourth-order valence-electron chi connectivity index (χ4n) is 1.52. The van der Waals surface area contributed by atoms with Crippen LogP contribution in [0.25, 0.3) is 0 Å². The standard InChI is InChI=1S/C14H20BrNO2S/c1-10(7-17)8-19-9-14(18)16-11(2)12-3-5-13(15)6-4-12/h3-6,10-11,17H,7-9H2,1-2H3,(H,16,18). The molecule has 106 valence electrons. The van der Waals surface area contributed by atoms with Gasteiger partial charge in [-0.1, -0.05) is 35.0 Å². The second-order valence-electron chi connectivity index (χ2n) is 4.64. The molecule has 2 N–H and O–H groups in total. The summed E-state index contributed by atoms with van der Waals surface area (Å²) >= 11 is 4.94. The maximum absolute atomic E-state index is 11.8. The SMILES string of the molecule is CC(CO)CSCC(=O)NC(C)c1ccc(Br)cc1. The number of hydrogen-bond donors (Lipinski definition) is 2. The summed E-state index contributed by atoms with van der Waals surface area (Å²) in [6.07, 6.45) is 0. The summed E-state index contributed by atoms with van der Waals surface area (Å²) in [5, 5.41) is 11.9. The number of hydrogen-bond acceptors (Lipinski definition) is 3. The van der Waals surface area contributed by atoms with Gasteiger partial charge >= 0.3 is 0 Å².